The first-order valence-corrected chi connectivity index (χ1v) is 8.67. The van der Waals surface area contributed by atoms with Crippen LogP contribution in [0.2, 0.25) is 5.02 Å². The van der Waals surface area contributed by atoms with Gasteiger partial charge >= 0.3 is 0 Å². The average molecular weight is 356 g/mol. The minimum atomic E-state index is -0.0336. The fraction of sp³-hybridized carbons (Fsp3) is 0.412. The second kappa shape index (κ2) is 8.55. The van der Waals surface area contributed by atoms with Gasteiger partial charge in [-0.15, -0.1) is 11.3 Å². The van der Waals surface area contributed by atoms with E-state index < -0.39 is 0 Å². The Hall–Kier alpha value is -1.27. The van der Waals surface area contributed by atoms with E-state index in [1.807, 2.05) is 0 Å². The number of aliphatic hydroxyl groups is 1. The van der Waals surface area contributed by atoms with E-state index in [1.165, 1.54) is 16.9 Å². The molecule has 0 saturated carbocycles. The Morgan fingerprint density at radius 3 is 2.65 bits per heavy atom. The summed E-state index contributed by atoms with van der Waals surface area (Å²) in [6, 6.07) is 7.80. The van der Waals surface area contributed by atoms with Crippen molar-refractivity contribution in [2.75, 3.05) is 20.3 Å². The smallest absolute Gasteiger partial charge is 0.176 e. The number of phenols is 1. The molecule has 0 amide bonds. The first kappa shape index (κ1) is 18.1. The minimum absolute atomic E-state index is 0.0336. The van der Waals surface area contributed by atoms with Crippen molar-refractivity contribution in [3.05, 3.63) is 44.6 Å². The number of halogens is 1. The van der Waals surface area contributed by atoms with Crippen LogP contribution in [-0.2, 0) is 13.1 Å². The highest BCUT2D eigenvalue weighted by Gasteiger charge is 2.13. The first-order chi connectivity index (χ1) is 11.0. The third-order valence-electron chi connectivity index (χ3n) is 3.52. The number of thiophene rings is 1. The van der Waals surface area contributed by atoms with Gasteiger partial charge in [-0.05, 0) is 43.2 Å². The van der Waals surface area contributed by atoms with Gasteiger partial charge in [-0.1, -0.05) is 11.6 Å². The topological polar surface area (TPSA) is 52.9 Å². The predicted molar refractivity (Wildman–Crippen MR) is 94.5 cm³/mol. The first-order valence-electron chi connectivity index (χ1n) is 7.47. The van der Waals surface area contributed by atoms with Gasteiger partial charge in [0.15, 0.2) is 11.5 Å². The van der Waals surface area contributed by atoms with Crippen LogP contribution in [0.5, 0.6) is 11.5 Å². The van der Waals surface area contributed by atoms with E-state index >= 15 is 0 Å². The molecule has 2 N–H and O–H groups in total. The molecule has 2 rings (SSSR count). The Balaban J connectivity index is 2.15. The summed E-state index contributed by atoms with van der Waals surface area (Å²) in [6.07, 6.45) is 0.716. The zero-order valence-electron chi connectivity index (χ0n) is 13.4. The van der Waals surface area contributed by atoms with Gasteiger partial charge in [0.25, 0.3) is 0 Å². The monoisotopic (exact) mass is 355 g/mol. The quantitative estimate of drug-likeness (QED) is 0.756. The van der Waals surface area contributed by atoms with Crippen molar-refractivity contribution in [3.8, 4) is 11.5 Å². The van der Waals surface area contributed by atoms with Crippen LogP contribution < -0.4 is 4.74 Å². The lowest BCUT2D eigenvalue weighted by Gasteiger charge is -2.22. The molecule has 23 heavy (non-hydrogen) atoms. The number of aliphatic hydroxyl groups excluding tert-OH is 1. The zero-order chi connectivity index (χ0) is 16.8. The van der Waals surface area contributed by atoms with Gasteiger partial charge in [0.1, 0.15) is 0 Å². The summed E-state index contributed by atoms with van der Waals surface area (Å²) < 4.78 is 5.16. The van der Waals surface area contributed by atoms with E-state index in [0.29, 0.717) is 18.7 Å². The Morgan fingerprint density at radius 1 is 1.26 bits per heavy atom. The highest BCUT2D eigenvalue weighted by Crippen LogP contribution is 2.35. The number of hydrogen-bond donors (Lipinski definition) is 2. The fourth-order valence-corrected chi connectivity index (χ4v) is 3.60. The summed E-state index contributed by atoms with van der Waals surface area (Å²) in [4.78, 5) is 4.83. The maximum Gasteiger partial charge on any atom is 0.176 e. The third-order valence-corrected chi connectivity index (χ3v) is 4.80. The van der Waals surface area contributed by atoms with Gasteiger partial charge in [0, 0.05) is 36.0 Å². The van der Waals surface area contributed by atoms with Crippen LogP contribution in [0.4, 0.5) is 0 Å². The van der Waals surface area contributed by atoms with Crippen LogP contribution in [0, 0.1) is 6.92 Å². The summed E-state index contributed by atoms with van der Waals surface area (Å²) >= 11 is 7.84. The third kappa shape index (κ3) is 5.11. The van der Waals surface area contributed by atoms with Crippen molar-refractivity contribution < 1.29 is 14.9 Å². The average Bonchev–Trinajstić information content (AvgIpc) is 2.93. The Kier molecular flexibility index (Phi) is 6.72. The van der Waals surface area contributed by atoms with Crippen LogP contribution in [0.15, 0.2) is 24.3 Å². The van der Waals surface area contributed by atoms with Gasteiger partial charge in [0.2, 0.25) is 0 Å². The van der Waals surface area contributed by atoms with Gasteiger partial charge in [0.05, 0.1) is 12.1 Å². The number of hydrogen-bond acceptors (Lipinski definition) is 5. The molecule has 1 aromatic carbocycles. The second-order valence-corrected chi connectivity index (χ2v) is 7.21. The molecular formula is C17H22ClNO3S. The van der Waals surface area contributed by atoms with Gasteiger partial charge in [-0.25, -0.2) is 0 Å². The van der Waals surface area contributed by atoms with Gasteiger partial charge < -0.3 is 14.9 Å². The van der Waals surface area contributed by atoms with Gasteiger partial charge in [-0.2, -0.15) is 0 Å². The van der Waals surface area contributed by atoms with E-state index in [-0.39, 0.29) is 17.4 Å². The number of aryl methyl sites for hydroxylation is 1. The van der Waals surface area contributed by atoms with Crippen LogP contribution in [0.1, 0.15) is 21.7 Å². The number of ether oxygens (including phenoxy) is 1. The molecule has 0 radical (unpaired) electrons. The summed E-state index contributed by atoms with van der Waals surface area (Å²) in [5.74, 6) is 0.343. The number of phenolic OH excluding ortho intramolecular Hbond substituents is 1. The van der Waals surface area contributed by atoms with Crippen LogP contribution in [0.25, 0.3) is 0 Å². The molecule has 0 aliphatic rings. The molecule has 0 fully saturated rings. The standard InChI is InChI=1S/C17H22ClNO3S/c1-12-4-5-14(23-12)11-19(6-3-7-20)10-13-8-15(18)17(21)16(9-13)22-2/h4-5,8-9,20-21H,3,6-7,10-11H2,1-2H3. The minimum Gasteiger partial charge on any atom is -0.503 e. The fourth-order valence-electron chi connectivity index (χ4n) is 2.43. The molecule has 0 unspecified atom stereocenters. The number of benzene rings is 1. The summed E-state index contributed by atoms with van der Waals surface area (Å²) in [6.45, 7) is 4.54. The Morgan fingerprint density at radius 2 is 2.04 bits per heavy atom. The highest BCUT2D eigenvalue weighted by atomic mass is 35.5. The van der Waals surface area contributed by atoms with E-state index in [1.54, 1.807) is 23.5 Å². The largest absolute Gasteiger partial charge is 0.503 e. The molecule has 4 nitrogen and oxygen atoms in total. The molecule has 0 bridgehead atoms. The molecule has 1 aromatic heterocycles. The van der Waals surface area contributed by atoms with Crippen molar-refractivity contribution in [2.45, 2.75) is 26.4 Å². The van der Waals surface area contributed by atoms with E-state index in [9.17, 15) is 5.11 Å². The molecule has 0 atom stereocenters. The van der Waals surface area contributed by atoms with Crippen LogP contribution >= 0.6 is 22.9 Å². The van der Waals surface area contributed by atoms with E-state index in [0.717, 1.165) is 18.7 Å². The van der Waals surface area contributed by atoms with Crippen LogP contribution in [0.3, 0.4) is 0 Å². The molecule has 1 heterocycles. The Labute approximate surface area is 145 Å². The number of rotatable bonds is 8. The van der Waals surface area contributed by atoms with Crippen molar-refractivity contribution in [2.24, 2.45) is 0 Å². The van der Waals surface area contributed by atoms with E-state index in [2.05, 4.69) is 24.0 Å². The lowest BCUT2D eigenvalue weighted by Crippen LogP contribution is -2.24. The molecule has 126 valence electrons. The molecule has 0 spiro atoms. The Bertz CT molecular complexity index is 645. The summed E-state index contributed by atoms with van der Waals surface area (Å²) in [5.41, 5.74) is 0.968. The van der Waals surface area contributed by atoms with E-state index in [4.69, 9.17) is 21.4 Å². The van der Waals surface area contributed by atoms with Gasteiger partial charge in [-0.3, -0.25) is 4.90 Å². The lowest BCUT2D eigenvalue weighted by atomic mass is 10.1. The van der Waals surface area contributed by atoms with Crippen molar-refractivity contribution in [1.29, 1.82) is 0 Å². The molecule has 2 aromatic rings. The predicted octanol–water partition coefficient (Wildman–Crippen LogP) is 3.81. The maximum absolute atomic E-state index is 9.83. The number of nitrogens with zero attached hydrogens (tertiary/aromatic N) is 1. The second-order valence-electron chi connectivity index (χ2n) is 5.43. The van der Waals surface area contributed by atoms with Crippen molar-refractivity contribution in [1.82, 2.24) is 4.90 Å². The molecule has 0 saturated heterocycles. The maximum atomic E-state index is 9.83. The van der Waals surface area contributed by atoms with Crippen molar-refractivity contribution in [3.63, 3.8) is 0 Å². The van der Waals surface area contributed by atoms with Crippen LogP contribution in [-0.4, -0.2) is 35.4 Å². The SMILES string of the molecule is COc1cc(CN(CCCO)Cc2ccc(C)s2)cc(Cl)c1O. The highest BCUT2D eigenvalue weighted by molar-refractivity contribution is 7.11. The normalized spacial score (nSPS) is 11.2. The number of aromatic hydroxyl groups is 1. The molecule has 0 aliphatic heterocycles. The molecular weight excluding hydrogens is 334 g/mol. The zero-order valence-corrected chi connectivity index (χ0v) is 15.0. The summed E-state index contributed by atoms with van der Waals surface area (Å²) in [7, 11) is 1.51. The molecule has 0 aliphatic carbocycles. The molecule has 6 heteroatoms. The lowest BCUT2D eigenvalue weighted by molar-refractivity contribution is 0.213. The summed E-state index contributed by atoms with van der Waals surface area (Å²) in [5, 5.41) is 19.2. The van der Waals surface area contributed by atoms with Crippen molar-refractivity contribution >= 4 is 22.9 Å². The number of methoxy groups -OCH3 is 1.